The number of piperidine rings is 2. The van der Waals surface area contributed by atoms with E-state index in [0.717, 1.165) is 38.9 Å². The molecule has 2 heterocycles. The number of nitrogens with one attached hydrogen (secondary N) is 2. The molecule has 0 aromatic rings. The molecule has 3 N–H and O–H groups in total. The van der Waals surface area contributed by atoms with Crippen molar-refractivity contribution >= 4 is 5.91 Å². The van der Waals surface area contributed by atoms with Crippen molar-refractivity contribution in [1.29, 1.82) is 0 Å². The van der Waals surface area contributed by atoms with E-state index in [2.05, 4.69) is 10.6 Å². The van der Waals surface area contributed by atoms with Gasteiger partial charge in [-0.25, -0.2) is 0 Å². The lowest BCUT2D eigenvalue weighted by atomic mass is 9.70. The van der Waals surface area contributed by atoms with Crippen molar-refractivity contribution in [2.24, 2.45) is 5.41 Å². The molecular formula is C9H16N2O2. The van der Waals surface area contributed by atoms with Crippen molar-refractivity contribution < 1.29 is 9.90 Å². The number of carbonyl (C=O) groups excluding carboxylic acids is 1. The summed E-state index contributed by atoms with van der Waals surface area (Å²) in [4.78, 5) is 11.3. The summed E-state index contributed by atoms with van der Waals surface area (Å²) in [6.45, 7) is 2.56. The zero-order valence-electron chi connectivity index (χ0n) is 7.68. The molecule has 2 rings (SSSR count). The standard InChI is InChI=1S/C9H16N2O2/c12-7-8(13)11-6-3-9(7)1-4-10-5-2-9/h7,10,12H,1-6H2,(H,11,13). The van der Waals surface area contributed by atoms with E-state index in [4.69, 9.17) is 0 Å². The van der Waals surface area contributed by atoms with Gasteiger partial charge in [0.25, 0.3) is 0 Å². The predicted molar refractivity (Wildman–Crippen MR) is 48.2 cm³/mol. The molecular weight excluding hydrogens is 168 g/mol. The fraction of sp³-hybridized carbons (Fsp3) is 0.889. The largest absolute Gasteiger partial charge is 0.383 e. The number of amides is 1. The second kappa shape index (κ2) is 3.27. The van der Waals surface area contributed by atoms with Gasteiger partial charge in [0, 0.05) is 12.0 Å². The van der Waals surface area contributed by atoms with Crippen molar-refractivity contribution in [2.75, 3.05) is 19.6 Å². The van der Waals surface area contributed by atoms with Crippen LogP contribution in [0.15, 0.2) is 0 Å². The Labute approximate surface area is 77.7 Å². The van der Waals surface area contributed by atoms with Crippen molar-refractivity contribution in [3.63, 3.8) is 0 Å². The van der Waals surface area contributed by atoms with Crippen LogP contribution in [0.5, 0.6) is 0 Å². The highest BCUT2D eigenvalue weighted by molar-refractivity contribution is 5.82. The minimum atomic E-state index is -0.789. The topological polar surface area (TPSA) is 61.4 Å². The summed E-state index contributed by atoms with van der Waals surface area (Å²) in [5.74, 6) is -0.187. The number of aliphatic hydroxyl groups is 1. The quantitative estimate of drug-likeness (QED) is 0.463. The second-order valence-corrected chi connectivity index (χ2v) is 4.06. The third-order valence-corrected chi connectivity index (χ3v) is 3.35. The first-order chi connectivity index (χ1) is 6.25. The van der Waals surface area contributed by atoms with Gasteiger partial charge in [-0.2, -0.15) is 0 Å². The third kappa shape index (κ3) is 1.44. The Morgan fingerprint density at radius 3 is 2.54 bits per heavy atom. The minimum Gasteiger partial charge on any atom is -0.383 e. The average Bonchev–Trinajstić information content (AvgIpc) is 2.16. The van der Waals surface area contributed by atoms with Gasteiger partial charge < -0.3 is 15.7 Å². The molecule has 0 radical (unpaired) electrons. The normalized spacial score (nSPS) is 33.0. The molecule has 1 atom stereocenters. The zero-order chi connectivity index (χ0) is 9.31. The maximum atomic E-state index is 11.3. The monoisotopic (exact) mass is 184 g/mol. The van der Waals surface area contributed by atoms with Crippen molar-refractivity contribution in [3.8, 4) is 0 Å². The van der Waals surface area contributed by atoms with Crippen LogP contribution in [0.1, 0.15) is 19.3 Å². The molecule has 2 saturated heterocycles. The maximum absolute atomic E-state index is 11.3. The summed E-state index contributed by atoms with van der Waals surface area (Å²) in [6, 6.07) is 0. The Balaban J connectivity index is 2.13. The first kappa shape index (κ1) is 8.97. The lowest BCUT2D eigenvalue weighted by Crippen LogP contribution is -2.56. The number of aliphatic hydroxyl groups excluding tert-OH is 1. The van der Waals surface area contributed by atoms with Crippen LogP contribution in [0, 0.1) is 5.41 Å². The molecule has 0 bridgehead atoms. The van der Waals surface area contributed by atoms with E-state index in [1.165, 1.54) is 0 Å². The molecule has 13 heavy (non-hydrogen) atoms. The smallest absolute Gasteiger partial charge is 0.249 e. The Bertz CT molecular complexity index is 206. The van der Waals surface area contributed by atoms with Crippen LogP contribution >= 0.6 is 0 Å². The van der Waals surface area contributed by atoms with Crippen molar-refractivity contribution in [2.45, 2.75) is 25.4 Å². The van der Waals surface area contributed by atoms with Gasteiger partial charge in [0.15, 0.2) is 0 Å². The van der Waals surface area contributed by atoms with Gasteiger partial charge in [0.05, 0.1) is 0 Å². The van der Waals surface area contributed by atoms with Gasteiger partial charge in [-0.05, 0) is 32.4 Å². The molecule has 74 valence electrons. The average molecular weight is 184 g/mol. The molecule has 2 aliphatic heterocycles. The van der Waals surface area contributed by atoms with Crippen molar-refractivity contribution in [3.05, 3.63) is 0 Å². The van der Waals surface area contributed by atoms with Crippen LogP contribution in [-0.4, -0.2) is 36.8 Å². The van der Waals surface area contributed by atoms with Gasteiger partial charge in [0.2, 0.25) is 5.91 Å². The van der Waals surface area contributed by atoms with E-state index in [1.807, 2.05) is 0 Å². The zero-order valence-corrected chi connectivity index (χ0v) is 7.68. The first-order valence-electron chi connectivity index (χ1n) is 4.91. The lowest BCUT2D eigenvalue weighted by molar-refractivity contribution is -0.143. The Kier molecular flexibility index (Phi) is 2.26. The molecule has 0 aromatic carbocycles. The molecule has 0 aromatic heterocycles. The SMILES string of the molecule is O=C1NCCC2(CCNCC2)C1O. The van der Waals surface area contributed by atoms with E-state index in [-0.39, 0.29) is 11.3 Å². The Morgan fingerprint density at radius 1 is 1.23 bits per heavy atom. The van der Waals surface area contributed by atoms with Gasteiger partial charge in [-0.15, -0.1) is 0 Å². The predicted octanol–water partition coefficient (Wildman–Crippen LogP) is -0.763. The van der Waals surface area contributed by atoms with E-state index < -0.39 is 6.10 Å². The van der Waals surface area contributed by atoms with E-state index >= 15 is 0 Å². The van der Waals surface area contributed by atoms with E-state index in [9.17, 15) is 9.90 Å². The fourth-order valence-electron chi connectivity index (χ4n) is 2.39. The van der Waals surface area contributed by atoms with E-state index in [0.29, 0.717) is 0 Å². The number of hydrogen-bond donors (Lipinski definition) is 3. The third-order valence-electron chi connectivity index (χ3n) is 3.35. The summed E-state index contributed by atoms with van der Waals surface area (Å²) in [6.07, 6.45) is 1.97. The number of rotatable bonds is 0. The van der Waals surface area contributed by atoms with Crippen LogP contribution in [-0.2, 0) is 4.79 Å². The lowest BCUT2D eigenvalue weighted by Gasteiger charge is -2.43. The van der Waals surface area contributed by atoms with Crippen LogP contribution in [0.25, 0.3) is 0 Å². The highest BCUT2D eigenvalue weighted by atomic mass is 16.3. The summed E-state index contributed by atoms with van der Waals surface area (Å²) in [5, 5.41) is 15.8. The summed E-state index contributed by atoms with van der Waals surface area (Å²) in [5.41, 5.74) is -0.131. The molecule has 1 amide bonds. The first-order valence-corrected chi connectivity index (χ1v) is 4.91. The molecule has 4 nitrogen and oxygen atoms in total. The summed E-state index contributed by atoms with van der Waals surface area (Å²) in [7, 11) is 0. The van der Waals surface area contributed by atoms with Crippen molar-refractivity contribution in [1.82, 2.24) is 10.6 Å². The number of carbonyl (C=O) groups is 1. The van der Waals surface area contributed by atoms with Gasteiger partial charge in [0.1, 0.15) is 6.10 Å². The van der Waals surface area contributed by atoms with E-state index in [1.54, 1.807) is 0 Å². The Hall–Kier alpha value is -0.610. The molecule has 0 saturated carbocycles. The summed E-state index contributed by atoms with van der Waals surface area (Å²) >= 11 is 0. The van der Waals surface area contributed by atoms with Crippen LogP contribution < -0.4 is 10.6 Å². The Morgan fingerprint density at radius 2 is 1.85 bits per heavy atom. The fourth-order valence-corrected chi connectivity index (χ4v) is 2.39. The molecule has 2 fully saturated rings. The highest BCUT2D eigenvalue weighted by Gasteiger charge is 2.44. The second-order valence-electron chi connectivity index (χ2n) is 4.06. The minimum absolute atomic E-state index is 0.131. The van der Waals surface area contributed by atoms with Crippen LogP contribution in [0.2, 0.25) is 0 Å². The van der Waals surface area contributed by atoms with Crippen LogP contribution in [0.4, 0.5) is 0 Å². The molecule has 4 heteroatoms. The van der Waals surface area contributed by atoms with Gasteiger partial charge >= 0.3 is 0 Å². The van der Waals surface area contributed by atoms with Gasteiger partial charge in [-0.3, -0.25) is 4.79 Å². The number of hydrogen-bond acceptors (Lipinski definition) is 3. The van der Waals surface area contributed by atoms with Gasteiger partial charge in [-0.1, -0.05) is 0 Å². The highest BCUT2D eigenvalue weighted by Crippen LogP contribution is 2.38. The summed E-state index contributed by atoms with van der Waals surface area (Å²) < 4.78 is 0. The van der Waals surface area contributed by atoms with Crippen LogP contribution in [0.3, 0.4) is 0 Å². The maximum Gasteiger partial charge on any atom is 0.249 e. The molecule has 2 aliphatic rings. The molecule has 1 unspecified atom stereocenters. The molecule has 0 aliphatic carbocycles. The molecule has 1 spiro atoms.